The second-order valence-electron chi connectivity index (χ2n) is 6.99. The first-order valence-electron chi connectivity index (χ1n) is 7.90. The first-order chi connectivity index (χ1) is 9.77. The van der Waals surface area contributed by atoms with Gasteiger partial charge in [0.2, 0.25) is 0 Å². The van der Waals surface area contributed by atoms with Crippen molar-refractivity contribution in [2.45, 2.75) is 71.4 Å². The van der Waals surface area contributed by atoms with Gasteiger partial charge in [0, 0.05) is 11.2 Å². The Morgan fingerprint density at radius 3 is 2.71 bits per heavy atom. The topological polar surface area (TPSA) is 40.5 Å². The van der Waals surface area contributed by atoms with Gasteiger partial charge >= 0.3 is 5.97 Å². The second kappa shape index (κ2) is 5.70. The smallest absolute Gasteiger partial charge is 0.326 e. The number of aliphatic carboxylic acids is 1. The van der Waals surface area contributed by atoms with E-state index in [1.165, 1.54) is 11.1 Å². The molecule has 0 aliphatic carbocycles. The number of nitrogens with zero attached hydrogens (tertiary/aromatic N) is 1. The molecule has 0 unspecified atom stereocenters. The summed E-state index contributed by atoms with van der Waals surface area (Å²) in [6.45, 7) is 10.7. The molecular formula is C18H27NO2. The molecule has 1 aliphatic rings. The van der Waals surface area contributed by atoms with Crippen molar-refractivity contribution in [3.05, 3.63) is 29.3 Å². The molecule has 21 heavy (non-hydrogen) atoms. The quantitative estimate of drug-likeness (QED) is 0.896. The van der Waals surface area contributed by atoms with Gasteiger partial charge in [-0.25, -0.2) is 4.79 Å². The molecule has 0 saturated heterocycles. The molecule has 2 atom stereocenters. The van der Waals surface area contributed by atoms with E-state index >= 15 is 0 Å². The number of carboxylic acid groups (broad SMARTS) is 1. The molecule has 0 spiro atoms. The SMILES string of the molecule is CCC[C@H](C(=O)O)N1c2cc(C)ccc2[C@H](C)CC1(C)C. The summed E-state index contributed by atoms with van der Waals surface area (Å²) < 4.78 is 0. The van der Waals surface area contributed by atoms with Crippen LogP contribution in [0.5, 0.6) is 0 Å². The zero-order chi connectivity index (χ0) is 15.8. The summed E-state index contributed by atoms with van der Waals surface area (Å²) in [6.07, 6.45) is 2.54. The number of rotatable bonds is 4. The molecule has 1 N–H and O–H groups in total. The van der Waals surface area contributed by atoms with Gasteiger partial charge < -0.3 is 10.0 Å². The number of benzene rings is 1. The molecule has 0 aromatic heterocycles. The Labute approximate surface area is 128 Å². The van der Waals surface area contributed by atoms with Crippen LogP contribution < -0.4 is 4.90 Å². The third kappa shape index (κ3) is 2.92. The van der Waals surface area contributed by atoms with Gasteiger partial charge in [-0.3, -0.25) is 0 Å². The molecule has 0 bridgehead atoms. The first-order valence-corrected chi connectivity index (χ1v) is 7.90. The van der Waals surface area contributed by atoms with E-state index in [0.29, 0.717) is 12.3 Å². The summed E-state index contributed by atoms with van der Waals surface area (Å²) in [5.74, 6) is -0.255. The van der Waals surface area contributed by atoms with E-state index in [0.717, 1.165) is 18.5 Å². The van der Waals surface area contributed by atoms with E-state index in [2.05, 4.69) is 50.8 Å². The van der Waals surface area contributed by atoms with Crippen molar-refractivity contribution >= 4 is 11.7 Å². The summed E-state index contributed by atoms with van der Waals surface area (Å²) in [4.78, 5) is 14.0. The van der Waals surface area contributed by atoms with Gasteiger partial charge in [0.25, 0.3) is 0 Å². The number of anilines is 1. The minimum atomic E-state index is -0.716. The van der Waals surface area contributed by atoms with Gasteiger partial charge in [-0.2, -0.15) is 0 Å². The van der Waals surface area contributed by atoms with Crippen LogP contribution in [0.15, 0.2) is 18.2 Å². The van der Waals surface area contributed by atoms with Crippen molar-refractivity contribution in [2.75, 3.05) is 4.90 Å². The van der Waals surface area contributed by atoms with E-state index in [1.807, 2.05) is 6.92 Å². The van der Waals surface area contributed by atoms with Crippen molar-refractivity contribution in [1.82, 2.24) is 0 Å². The van der Waals surface area contributed by atoms with Gasteiger partial charge in [0.15, 0.2) is 0 Å². The van der Waals surface area contributed by atoms with Gasteiger partial charge in [0.1, 0.15) is 6.04 Å². The maximum Gasteiger partial charge on any atom is 0.326 e. The van der Waals surface area contributed by atoms with Crippen molar-refractivity contribution in [1.29, 1.82) is 0 Å². The molecule has 2 rings (SSSR count). The number of hydrogen-bond donors (Lipinski definition) is 1. The van der Waals surface area contributed by atoms with Gasteiger partial charge in [-0.15, -0.1) is 0 Å². The Morgan fingerprint density at radius 2 is 2.14 bits per heavy atom. The summed E-state index contributed by atoms with van der Waals surface area (Å²) in [6, 6.07) is 6.00. The Balaban J connectivity index is 2.58. The molecule has 1 aromatic carbocycles. The van der Waals surface area contributed by atoms with Gasteiger partial charge in [0.05, 0.1) is 0 Å². The highest BCUT2D eigenvalue weighted by Crippen LogP contribution is 2.45. The molecule has 1 aromatic rings. The summed E-state index contributed by atoms with van der Waals surface area (Å²) in [5, 5.41) is 9.71. The van der Waals surface area contributed by atoms with Gasteiger partial charge in [-0.1, -0.05) is 32.4 Å². The van der Waals surface area contributed by atoms with Crippen LogP contribution in [0, 0.1) is 6.92 Å². The Kier molecular flexibility index (Phi) is 4.31. The molecule has 0 saturated carbocycles. The Bertz CT molecular complexity index is 536. The largest absolute Gasteiger partial charge is 0.480 e. The first kappa shape index (κ1) is 15.9. The van der Waals surface area contributed by atoms with Crippen LogP contribution in [-0.4, -0.2) is 22.7 Å². The van der Waals surface area contributed by atoms with Crippen LogP contribution in [0.4, 0.5) is 5.69 Å². The molecule has 3 nitrogen and oxygen atoms in total. The minimum Gasteiger partial charge on any atom is -0.480 e. The molecule has 1 heterocycles. The monoisotopic (exact) mass is 289 g/mol. The van der Waals surface area contributed by atoms with Crippen molar-refractivity contribution in [2.24, 2.45) is 0 Å². The van der Waals surface area contributed by atoms with Crippen LogP contribution >= 0.6 is 0 Å². The summed E-state index contributed by atoms with van der Waals surface area (Å²) in [7, 11) is 0. The highest BCUT2D eigenvalue weighted by molar-refractivity contribution is 5.80. The predicted octanol–water partition coefficient (Wildman–Crippen LogP) is 4.34. The highest BCUT2D eigenvalue weighted by Gasteiger charge is 2.42. The van der Waals surface area contributed by atoms with E-state index in [9.17, 15) is 9.90 Å². The van der Waals surface area contributed by atoms with Crippen LogP contribution in [-0.2, 0) is 4.79 Å². The lowest BCUT2D eigenvalue weighted by Gasteiger charge is -2.50. The van der Waals surface area contributed by atoms with Crippen LogP contribution in [0.1, 0.15) is 64.0 Å². The molecular weight excluding hydrogens is 262 g/mol. The standard InChI is InChI=1S/C18H27NO2/c1-6-7-15(17(20)21)19-16-10-12(2)8-9-14(16)13(3)11-18(19,4)5/h8-10,13,15H,6-7,11H2,1-5H3,(H,20,21)/t13-,15-/m1/s1. The fourth-order valence-corrected chi connectivity index (χ4v) is 3.79. The molecule has 0 radical (unpaired) electrons. The third-order valence-corrected chi connectivity index (χ3v) is 4.59. The molecule has 1 aliphatic heterocycles. The van der Waals surface area contributed by atoms with Crippen LogP contribution in [0.2, 0.25) is 0 Å². The normalized spacial score (nSPS) is 21.8. The van der Waals surface area contributed by atoms with E-state index in [4.69, 9.17) is 0 Å². The Hall–Kier alpha value is -1.51. The lowest BCUT2D eigenvalue weighted by Crippen LogP contribution is -2.56. The summed E-state index contributed by atoms with van der Waals surface area (Å²) in [5.41, 5.74) is 3.43. The Morgan fingerprint density at radius 1 is 1.48 bits per heavy atom. The molecule has 3 heteroatoms. The van der Waals surface area contributed by atoms with E-state index in [-0.39, 0.29) is 5.54 Å². The number of hydrogen-bond acceptors (Lipinski definition) is 2. The predicted molar refractivity (Wildman–Crippen MR) is 87.1 cm³/mol. The third-order valence-electron chi connectivity index (χ3n) is 4.59. The highest BCUT2D eigenvalue weighted by atomic mass is 16.4. The second-order valence-corrected chi connectivity index (χ2v) is 6.99. The van der Waals surface area contributed by atoms with Crippen LogP contribution in [0.25, 0.3) is 0 Å². The lowest BCUT2D eigenvalue weighted by molar-refractivity contribution is -0.139. The number of carbonyl (C=O) groups is 1. The van der Waals surface area contributed by atoms with Gasteiger partial charge in [-0.05, 0) is 56.7 Å². The van der Waals surface area contributed by atoms with E-state index < -0.39 is 12.0 Å². The number of fused-ring (bicyclic) bond motifs is 1. The zero-order valence-electron chi connectivity index (χ0n) is 13.8. The molecule has 0 amide bonds. The van der Waals surface area contributed by atoms with Crippen LogP contribution in [0.3, 0.4) is 0 Å². The minimum absolute atomic E-state index is 0.140. The average Bonchev–Trinajstić information content (AvgIpc) is 2.36. The lowest BCUT2D eigenvalue weighted by atomic mass is 9.78. The van der Waals surface area contributed by atoms with E-state index in [1.54, 1.807) is 0 Å². The molecule has 116 valence electrons. The fraction of sp³-hybridized carbons (Fsp3) is 0.611. The number of aryl methyl sites for hydroxylation is 1. The summed E-state index contributed by atoms with van der Waals surface area (Å²) >= 11 is 0. The maximum absolute atomic E-state index is 11.8. The number of carboxylic acids is 1. The van der Waals surface area contributed by atoms with Crippen molar-refractivity contribution in [3.63, 3.8) is 0 Å². The molecule has 0 fully saturated rings. The zero-order valence-corrected chi connectivity index (χ0v) is 13.8. The maximum atomic E-state index is 11.8. The fourth-order valence-electron chi connectivity index (χ4n) is 3.79. The van der Waals surface area contributed by atoms with Crippen molar-refractivity contribution in [3.8, 4) is 0 Å². The van der Waals surface area contributed by atoms with Crippen molar-refractivity contribution < 1.29 is 9.90 Å². The average molecular weight is 289 g/mol.